The van der Waals surface area contributed by atoms with Crippen molar-refractivity contribution in [3.05, 3.63) is 29.8 Å². The molecule has 7 heteroatoms. The fraction of sp³-hybridized carbons (Fsp3) is 0.417. The molecule has 1 aliphatic rings. The second-order valence-electron chi connectivity index (χ2n) is 4.38. The predicted molar refractivity (Wildman–Crippen MR) is 73.5 cm³/mol. The van der Waals surface area contributed by atoms with Crippen molar-refractivity contribution < 1.29 is 18.7 Å². The van der Waals surface area contributed by atoms with Crippen LogP contribution in [0.3, 0.4) is 0 Å². The highest BCUT2D eigenvalue weighted by Crippen LogP contribution is 2.30. The minimum atomic E-state index is -0.540. The van der Waals surface area contributed by atoms with Crippen molar-refractivity contribution in [3.8, 4) is 0 Å². The van der Waals surface area contributed by atoms with Gasteiger partial charge in [0.1, 0.15) is 17.6 Å². The third kappa shape index (κ3) is 4.12. The molecule has 1 aromatic rings. The molecule has 0 atom stereocenters. The molecular formula is C12H12FIN2O3. The molecule has 0 spiro atoms. The maximum Gasteiger partial charge on any atom is 0.357 e. The van der Waals surface area contributed by atoms with Gasteiger partial charge in [0.15, 0.2) is 0 Å². The number of hydrogen-bond acceptors (Lipinski definition) is 4. The van der Waals surface area contributed by atoms with Gasteiger partial charge in [0.25, 0.3) is 3.91 Å². The van der Waals surface area contributed by atoms with Crippen LogP contribution >= 0.6 is 22.6 Å². The Hall–Kier alpha value is -1.25. The summed E-state index contributed by atoms with van der Waals surface area (Å²) in [5.74, 6) is -0.686. The van der Waals surface area contributed by atoms with E-state index in [-0.39, 0.29) is 15.7 Å². The predicted octanol–water partition coefficient (Wildman–Crippen LogP) is 2.30. The van der Waals surface area contributed by atoms with Crippen LogP contribution < -0.4 is 5.32 Å². The first kappa shape index (κ1) is 14.2. The molecule has 0 radical (unpaired) electrons. The Morgan fingerprint density at radius 3 is 2.79 bits per heavy atom. The molecule has 0 saturated heterocycles. The van der Waals surface area contributed by atoms with Gasteiger partial charge in [-0.25, -0.2) is 14.2 Å². The van der Waals surface area contributed by atoms with E-state index in [4.69, 9.17) is 4.74 Å². The molecule has 0 bridgehead atoms. The van der Waals surface area contributed by atoms with E-state index in [2.05, 4.69) is 10.3 Å². The molecule has 1 saturated carbocycles. The fourth-order valence-corrected chi connectivity index (χ4v) is 2.09. The molecule has 1 fully saturated rings. The summed E-state index contributed by atoms with van der Waals surface area (Å²) in [6.45, 7) is 0.602. The number of amides is 1. The van der Waals surface area contributed by atoms with Crippen LogP contribution in [0.4, 0.5) is 9.18 Å². The number of pyridine rings is 1. The van der Waals surface area contributed by atoms with Gasteiger partial charge in [-0.2, -0.15) is 0 Å². The van der Waals surface area contributed by atoms with E-state index in [0.29, 0.717) is 12.5 Å². The molecule has 2 rings (SSSR count). The van der Waals surface area contributed by atoms with Crippen molar-refractivity contribution in [1.82, 2.24) is 10.3 Å². The molecule has 1 heterocycles. The number of aromatic nitrogens is 1. The monoisotopic (exact) mass is 378 g/mol. The lowest BCUT2D eigenvalue weighted by atomic mass is 9.82. The molecule has 102 valence electrons. The fourth-order valence-electron chi connectivity index (χ4n) is 1.87. The van der Waals surface area contributed by atoms with E-state index in [1.807, 2.05) is 0 Å². The standard InChI is InChI=1S/C12H12FIN2O3/c13-8-1-2-10(15-6-8)11(17)19-9-3-7(4-9)5-16-12(14)18/h1-2,6-7,9H,3-5H2,(H,16,18). The highest BCUT2D eigenvalue weighted by Gasteiger charge is 2.32. The zero-order valence-corrected chi connectivity index (χ0v) is 12.1. The average molecular weight is 378 g/mol. The van der Waals surface area contributed by atoms with Gasteiger partial charge in [0.2, 0.25) is 0 Å². The number of nitrogens with one attached hydrogen (secondary N) is 1. The largest absolute Gasteiger partial charge is 0.458 e. The second kappa shape index (κ2) is 6.27. The number of carbonyl (C=O) groups excluding carboxylic acids is 2. The van der Waals surface area contributed by atoms with E-state index in [0.717, 1.165) is 19.0 Å². The summed E-state index contributed by atoms with van der Waals surface area (Å²) >= 11 is 1.68. The topological polar surface area (TPSA) is 68.3 Å². The van der Waals surface area contributed by atoms with E-state index >= 15 is 0 Å². The third-order valence-electron chi connectivity index (χ3n) is 2.93. The van der Waals surface area contributed by atoms with E-state index in [9.17, 15) is 14.0 Å². The third-order valence-corrected chi connectivity index (χ3v) is 3.31. The van der Waals surface area contributed by atoms with Crippen molar-refractivity contribution in [2.75, 3.05) is 6.54 Å². The zero-order valence-electron chi connectivity index (χ0n) is 9.94. The Bertz CT molecular complexity index is 474. The summed E-state index contributed by atoms with van der Waals surface area (Å²) in [6, 6.07) is 2.47. The number of rotatable bonds is 4. The van der Waals surface area contributed by atoms with Crippen LogP contribution in [0, 0.1) is 11.7 Å². The molecule has 5 nitrogen and oxygen atoms in total. The van der Waals surface area contributed by atoms with Gasteiger partial charge in [0, 0.05) is 29.1 Å². The number of ether oxygens (including phenoxy) is 1. The van der Waals surface area contributed by atoms with E-state index in [1.54, 1.807) is 22.6 Å². The van der Waals surface area contributed by atoms with Gasteiger partial charge in [-0.05, 0) is 30.9 Å². The van der Waals surface area contributed by atoms with E-state index in [1.165, 1.54) is 12.1 Å². The van der Waals surface area contributed by atoms with Crippen molar-refractivity contribution in [2.45, 2.75) is 18.9 Å². The van der Waals surface area contributed by atoms with Gasteiger partial charge >= 0.3 is 5.97 Å². The first-order chi connectivity index (χ1) is 9.04. The Morgan fingerprint density at radius 2 is 2.21 bits per heavy atom. The Kier molecular flexibility index (Phi) is 4.67. The molecule has 1 aliphatic carbocycles. The highest BCUT2D eigenvalue weighted by atomic mass is 127. The van der Waals surface area contributed by atoms with Gasteiger partial charge in [-0.1, -0.05) is 0 Å². The summed E-state index contributed by atoms with van der Waals surface area (Å²) in [4.78, 5) is 26.0. The Balaban J connectivity index is 1.73. The summed E-state index contributed by atoms with van der Waals surface area (Å²) in [5, 5.41) is 2.71. The maximum absolute atomic E-state index is 12.6. The summed E-state index contributed by atoms with van der Waals surface area (Å²) in [5.41, 5.74) is 0.102. The number of hydrogen-bond donors (Lipinski definition) is 1. The highest BCUT2D eigenvalue weighted by molar-refractivity contribution is 14.1. The normalized spacial score (nSPS) is 21.4. The van der Waals surface area contributed by atoms with Crippen molar-refractivity contribution in [3.63, 3.8) is 0 Å². The van der Waals surface area contributed by atoms with Crippen LogP contribution in [-0.4, -0.2) is 27.5 Å². The van der Waals surface area contributed by atoms with Gasteiger partial charge < -0.3 is 10.1 Å². The van der Waals surface area contributed by atoms with Crippen LogP contribution in [0.25, 0.3) is 0 Å². The van der Waals surface area contributed by atoms with Crippen LogP contribution in [0.1, 0.15) is 23.3 Å². The number of nitrogens with zero attached hydrogens (tertiary/aromatic N) is 1. The molecule has 0 aliphatic heterocycles. The second-order valence-corrected chi connectivity index (χ2v) is 5.36. The van der Waals surface area contributed by atoms with Crippen LogP contribution in [0.2, 0.25) is 0 Å². The Morgan fingerprint density at radius 1 is 1.47 bits per heavy atom. The number of carbonyl (C=O) groups is 2. The van der Waals surface area contributed by atoms with Gasteiger partial charge in [-0.15, -0.1) is 0 Å². The summed E-state index contributed by atoms with van der Waals surface area (Å²) in [7, 11) is 0. The smallest absolute Gasteiger partial charge is 0.357 e. The lowest BCUT2D eigenvalue weighted by Crippen LogP contribution is -2.39. The molecule has 1 aromatic heterocycles. The molecule has 0 aromatic carbocycles. The molecule has 1 amide bonds. The van der Waals surface area contributed by atoms with Crippen LogP contribution in [0.15, 0.2) is 18.3 Å². The SMILES string of the molecule is O=C(I)NCC1CC(OC(=O)c2ccc(F)cn2)C1. The molecule has 0 unspecified atom stereocenters. The van der Waals surface area contributed by atoms with Crippen molar-refractivity contribution in [1.29, 1.82) is 0 Å². The average Bonchev–Trinajstić information content (AvgIpc) is 2.32. The lowest BCUT2D eigenvalue weighted by molar-refractivity contribution is -0.0106. The zero-order chi connectivity index (χ0) is 13.8. The quantitative estimate of drug-likeness (QED) is 0.378. The van der Waals surface area contributed by atoms with Crippen molar-refractivity contribution >= 4 is 32.5 Å². The van der Waals surface area contributed by atoms with Crippen LogP contribution in [0.5, 0.6) is 0 Å². The maximum atomic E-state index is 12.6. The molecule has 1 N–H and O–H groups in total. The first-order valence-electron chi connectivity index (χ1n) is 5.80. The molecular weight excluding hydrogens is 366 g/mol. The van der Waals surface area contributed by atoms with E-state index < -0.39 is 11.8 Å². The van der Waals surface area contributed by atoms with Crippen molar-refractivity contribution in [2.24, 2.45) is 5.92 Å². The molecule has 19 heavy (non-hydrogen) atoms. The lowest BCUT2D eigenvalue weighted by Gasteiger charge is -2.34. The summed E-state index contributed by atoms with van der Waals surface area (Å²) < 4.78 is 17.8. The summed E-state index contributed by atoms with van der Waals surface area (Å²) in [6.07, 6.45) is 2.29. The Labute approximate surface area is 123 Å². The number of esters is 1. The van der Waals surface area contributed by atoms with Crippen LogP contribution in [-0.2, 0) is 4.74 Å². The number of halogens is 2. The minimum Gasteiger partial charge on any atom is -0.458 e. The van der Waals surface area contributed by atoms with Gasteiger partial charge in [0.05, 0.1) is 6.20 Å². The first-order valence-corrected chi connectivity index (χ1v) is 6.88. The van der Waals surface area contributed by atoms with Gasteiger partial charge in [-0.3, -0.25) is 4.79 Å². The minimum absolute atomic E-state index is 0.0893.